The van der Waals surface area contributed by atoms with Crippen LogP contribution in [0, 0.1) is 27.7 Å². The number of carbonyl (C=O) groups is 3. The molecule has 0 amide bonds. The van der Waals surface area contributed by atoms with Crippen molar-refractivity contribution >= 4 is 98.4 Å². The summed E-state index contributed by atoms with van der Waals surface area (Å²) in [6.45, 7) is 7.75. The van der Waals surface area contributed by atoms with Crippen molar-refractivity contribution in [2.24, 2.45) is 0 Å². The first-order valence-electron chi connectivity index (χ1n) is 16.8. The monoisotopic (exact) mass is 831 g/mol. The largest absolute Gasteiger partial charge is 0.478 e. The first kappa shape index (κ1) is 43.0. The molecule has 0 atom stereocenters. The van der Waals surface area contributed by atoms with E-state index >= 15 is 0 Å². The van der Waals surface area contributed by atoms with Crippen LogP contribution in [0.5, 0.6) is 0 Å². The van der Waals surface area contributed by atoms with Crippen molar-refractivity contribution in [2.75, 3.05) is 16.0 Å². The van der Waals surface area contributed by atoms with Crippen LogP contribution in [-0.2, 0) is 0 Å². The fourth-order valence-corrected chi connectivity index (χ4v) is 6.11. The van der Waals surface area contributed by atoms with E-state index in [4.69, 9.17) is 61.7 Å². The average molecular weight is 834 g/mol. The number of aromatic carboxylic acids is 3. The molecule has 6 aromatic rings. The van der Waals surface area contributed by atoms with Gasteiger partial charge in [-0.2, -0.15) is 0 Å². The van der Waals surface area contributed by atoms with Gasteiger partial charge in [0.05, 0.1) is 65.2 Å². The lowest BCUT2D eigenvalue weighted by Gasteiger charge is -2.13. The van der Waals surface area contributed by atoms with Crippen molar-refractivity contribution in [1.82, 2.24) is 0 Å². The van der Waals surface area contributed by atoms with Gasteiger partial charge in [-0.15, -0.1) is 0 Å². The maximum Gasteiger partial charge on any atom is 0.337 e. The highest BCUT2D eigenvalue weighted by Crippen LogP contribution is 2.37. The van der Waals surface area contributed by atoms with Gasteiger partial charge in [-0.1, -0.05) is 107 Å². The number of para-hydroxylation sites is 3. The van der Waals surface area contributed by atoms with E-state index in [1.54, 1.807) is 78.9 Å². The third-order valence-electron chi connectivity index (χ3n) is 8.43. The molecule has 9 nitrogen and oxygen atoms in total. The number of hydrogen-bond acceptors (Lipinski definition) is 6. The van der Waals surface area contributed by atoms with Gasteiger partial charge in [0.25, 0.3) is 0 Å². The average Bonchev–Trinajstić information content (AvgIpc) is 3.17. The van der Waals surface area contributed by atoms with Crippen LogP contribution in [0.25, 0.3) is 0 Å². The van der Waals surface area contributed by atoms with Crippen LogP contribution in [0.15, 0.2) is 115 Å². The molecule has 0 aliphatic carbocycles. The molecule has 0 spiro atoms. The lowest BCUT2D eigenvalue weighted by Crippen LogP contribution is -2.03. The number of rotatable bonds is 9. The summed E-state index contributed by atoms with van der Waals surface area (Å²) in [7, 11) is 0. The molecule has 0 aromatic heterocycles. The van der Waals surface area contributed by atoms with Crippen molar-refractivity contribution in [3.8, 4) is 0 Å². The molecule has 0 radical (unpaired) electrons. The fourth-order valence-electron chi connectivity index (χ4n) is 5.18. The van der Waals surface area contributed by atoms with Crippen LogP contribution in [0.3, 0.4) is 0 Å². The number of benzene rings is 6. The number of anilines is 6. The van der Waals surface area contributed by atoms with E-state index < -0.39 is 17.9 Å². The number of hydrogen-bond donors (Lipinski definition) is 6. The Bertz CT molecular complexity index is 2290. The van der Waals surface area contributed by atoms with Crippen LogP contribution in [0.4, 0.5) is 34.1 Å². The number of aryl methyl sites for hydroxylation is 3. The summed E-state index contributed by atoms with van der Waals surface area (Å²) < 4.78 is 0. The van der Waals surface area contributed by atoms with Crippen LogP contribution in [0.1, 0.15) is 53.3 Å². The molecular weight excluding hydrogens is 796 g/mol. The standard InChI is InChI=1S/C15H15NO2.2C14H11Cl2NO2/c1-10-6-5-9-13(11(10)2)16-14-8-4-3-7-12(14)15(17)18;2*1-8-6-7-10(15)13(12(8)16)17-11-5-3-2-4-9(11)14(18)19/h3-9,16H,1-2H3,(H,17,18);2*2-7,17H,1H3,(H,18,19). The Labute approximate surface area is 344 Å². The molecule has 0 saturated heterocycles. The van der Waals surface area contributed by atoms with Gasteiger partial charge in [0.15, 0.2) is 0 Å². The molecule has 288 valence electrons. The molecular formula is C43H37Cl4N3O6. The van der Waals surface area contributed by atoms with Gasteiger partial charge in [0.2, 0.25) is 0 Å². The van der Waals surface area contributed by atoms with Crippen LogP contribution < -0.4 is 16.0 Å². The molecule has 0 bridgehead atoms. The zero-order chi connectivity index (χ0) is 41.1. The van der Waals surface area contributed by atoms with Crippen molar-refractivity contribution < 1.29 is 29.7 Å². The maximum atomic E-state index is 11.1. The van der Waals surface area contributed by atoms with Gasteiger partial charge in [-0.3, -0.25) is 0 Å². The zero-order valence-electron chi connectivity index (χ0n) is 30.5. The van der Waals surface area contributed by atoms with Gasteiger partial charge in [0, 0.05) is 5.69 Å². The number of carboxylic acid groups (broad SMARTS) is 3. The SMILES string of the molecule is Cc1ccc(Cl)c(Nc2ccccc2C(=O)O)c1Cl.Cc1ccc(Cl)c(Nc2ccccc2C(=O)O)c1Cl.Cc1cccc(Nc2ccccc2C(=O)O)c1C. The first-order valence-corrected chi connectivity index (χ1v) is 18.3. The van der Waals surface area contributed by atoms with Gasteiger partial charge < -0.3 is 31.3 Å². The smallest absolute Gasteiger partial charge is 0.337 e. The molecule has 56 heavy (non-hydrogen) atoms. The van der Waals surface area contributed by atoms with Crippen molar-refractivity contribution in [3.63, 3.8) is 0 Å². The van der Waals surface area contributed by atoms with Crippen molar-refractivity contribution in [2.45, 2.75) is 27.7 Å². The third-order valence-corrected chi connectivity index (χ3v) is 10.0. The Kier molecular flexibility index (Phi) is 15.2. The molecule has 0 heterocycles. The summed E-state index contributed by atoms with van der Waals surface area (Å²) in [6, 6.07) is 33.0. The molecule has 6 rings (SSSR count). The number of nitrogens with one attached hydrogen (secondary N) is 3. The molecule has 13 heteroatoms. The predicted octanol–water partition coefficient (Wildman–Crippen LogP) is 13.2. The van der Waals surface area contributed by atoms with E-state index in [1.807, 2.05) is 52.0 Å². The molecule has 0 fully saturated rings. The highest BCUT2D eigenvalue weighted by molar-refractivity contribution is 6.40. The Morgan fingerprint density at radius 1 is 0.411 bits per heavy atom. The Morgan fingerprint density at radius 2 is 0.750 bits per heavy atom. The topological polar surface area (TPSA) is 148 Å². The highest BCUT2D eigenvalue weighted by atomic mass is 35.5. The highest BCUT2D eigenvalue weighted by Gasteiger charge is 2.15. The summed E-state index contributed by atoms with van der Waals surface area (Å²) in [5.74, 6) is -2.95. The first-order chi connectivity index (χ1) is 26.6. The van der Waals surface area contributed by atoms with Gasteiger partial charge in [-0.05, 0) is 105 Å². The Hall–Kier alpha value is -5.71. The normalized spacial score (nSPS) is 10.2. The Morgan fingerprint density at radius 3 is 1.12 bits per heavy atom. The van der Waals surface area contributed by atoms with E-state index in [-0.39, 0.29) is 16.7 Å². The van der Waals surface area contributed by atoms with E-state index in [1.165, 1.54) is 17.7 Å². The summed E-state index contributed by atoms with van der Waals surface area (Å²) in [5, 5.41) is 38.4. The lowest BCUT2D eigenvalue weighted by molar-refractivity contribution is 0.0687. The van der Waals surface area contributed by atoms with E-state index in [0.717, 1.165) is 22.4 Å². The maximum absolute atomic E-state index is 11.1. The quantitative estimate of drug-likeness (QED) is 0.0837. The molecule has 0 aliphatic heterocycles. The Balaban J connectivity index is 0.000000187. The molecule has 6 aromatic carbocycles. The van der Waals surface area contributed by atoms with Crippen molar-refractivity contribution in [3.05, 3.63) is 174 Å². The molecule has 0 unspecified atom stereocenters. The van der Waals surface area contributed by atoms with Gasteiger partial charge in [-0.25, -0.2) is 14.4 Å². The summed E-state index contributed by atoms with van der Waals surface area (Å²) in [5.41, 5.74) is 8.09. The van der Waals surface area contributed by atoms with Gasteiger partial charge >= 0.3 is 17.9 Å². The van der Waals surface area contributed by atoms with Crippen LogP contribution in [0.2, 0.25) is 20.1 Å². The minimum atomic E-state index is -1.01. The summed E-state index contributed by atoms with van der Waals surface area (Å²) in [4.78, 5) is 33.4. The minimum absolute atomic E-state index is 0.163. The summed E-state index contributed by atoms with van der Waals surface area (Å²) >= 11 is 24.5. The second-order valence-corrected chi connectivity index (χ2v) is 13.9. The minimum Gasteiger partial charge on any atom is -0.478 e. The fraction of sp³-hybridized carbons (Fsp3) is 0.0930. The van der Waals surface area contributed by atoms with Crippen LogP contribution in [-0.4, -0.2) is 33.2 Å². The van der Waals surface area contributed by atoms with E-state index in [2.05, 4.69) is 16.0 Å². The zero-order valence-corrected chi connectivity index (χ0v) is 33.6. The van der Waals surface area contributed by atoms with Crippen LogP contribution >= 0.6 is 46.4 Å². The summed E-state index contributed by atoms with van der Waals surface area (Å²) in [6.07, 6.45) is 0. The molecule has 0 aliphatic rings. The molecule has 0 saturated carbocycles. The van der Waals surface area contributed by atoms with E-state index in [9.17, 15) is 14.4 Å². The number of halogens is 4. The van der Waals surface area contributed by atoms with E-state index in [0.29, 0.717) is 48.5 Å². The van der Waals surface area contributed by atoms with Gasteiger partial charge in [0.1, 0.15) is 0 Å². The number of carboxylic acids is 3. The predicted molar refractivity (Wildman–Crippen MR) is 228 cm³/mol. The van der Waals surface area contributed by atoms with Crippen molar-refractivity contribution in [1.29, 1.82) is 0 Å². The third kappa shape index (κ3) is 11.0. The second kappa shape index (κ2) is 19.7. The second-order valence-electron chi connectivity index (χ2n) is 12.3. The lowest BCUT2D eigenvalue weighted by atomic mass is 10.1. The molecule has 6 N–H and O–H groups in total.